The van der Waals surface area contributed by atoms with E-state index in [9.17, 15) is 8.78 Å². The molecule has 2 aliphatic rings. The van der Waals surface area contributed by atoms with E-state index in [0.29, 0.717) is 17.9 Å². The zero-order valence-corrected chi connectivity index (χ0v) is 30.3. The Bertz CT molecular complexity index is 2170. The Labute approximate surface area is 318 Å². The van der Waals surface area contributed by atoms with Gasteiger partial charge in [0.25, 0.3) is 0 Å². The van der Waals surface area contributed by atoms with Crippen molar-refractivity contribution in [2.45, 2.75) is 62.8 Å². The van der Waals surface area contributed by atoms with Gasteiger partial charge in [-0.1, -0.05) is 127 Å². The highest BCUT2D eigenvalue weighted by Gasteiger charge is 2.63. The number of rotatable bonds is 13. The average molecular weight is 742 g/mol. The standard InChI is InChI=1S/C45H41F2N3O5/c1-31-24-36(25-38(46)41(31)47)39-26-50(49-48-39)42-43(52-28-33-16-8-3-9-17-33)40(30-51-27-32-14-6-2-7-15-32)55-45(44(42)53-29-34-18-10-4-11-19-34)37(22-23-54-45)35-20-12-5-13-21-35/h2-26,37,40,42-44H,27-30H2,1H3/t37?,40-,42+,43+,44-,45+/m1/s1. The Balaban J connectivity index is 1.25. The summed E-state index contributed by atoms with van der Waals surface area (Å²) in [7, 11) is 0. The Kier molecular flexibility index (Phi) is 10.9. The maximum absolute atomic E-state index is 14.7. The molecule has 6 atom stereocenters. The van der Waals surface area contributed by atoms with E-state index < -0.39 is 47.7 Å². The van der Waals surface area contributed by atoms with Gasteiger partial charge in [-0.25, -0.2) is 13.5 Å². The zero-order valence-electron chi connectivity index (χ0n) is 30.3. The molecule has 0 aliphatic carbocycles. The Morgan fingerprint density at radius 3 is 1.98 bits per heavy atom. The van der Waals surface area contributed by atoms with Gasteiger partial charge in [-0.2, -0.15) is 0 Å². The summed E-state index contributed by atoms with van der Waals surface area (Å²) in [4.78, 5) is 0. The average Bonchev–Trinajstić information content (AvgIpc) is 3.89. The van der Waals surface area contributed by atoms with Crippen molar-refractivity contribution in [3.05, 3.63) is 191 Å². The minimum absolute atomic E-state index is 0.146. The summed E-state index contributed by atoms with van der Waals surface area (Å²) in [5.74, 6) is -3.67. The van der Waals surface area contributed by atoms with Crippen LogP contribution < -0.4 is 0 Å². The van der Waals surface area contributed by atoms with E-state index in [2.05, 4.69) is 10.3 Å². The maximum Gasteiger partial charge on any atom is 0.249 e. The molecule has 55 heavy (non-hydrogen) atoms. The number of nitrogens with zero attached hydrogens (tertiary/aromatic N) is 3. The third-order valence-corrected chi connectivity index (χ3v) is 10.1. The fraction of sp³-hybridized carbons (Fsp3) is 0.244. The van der Waals surface area contributed by atoms with E-state index in [1.165, 1.54) is 6.92 Å². The van der Waals surface area contributed by atoms with Gasteiger partial charge >= 0.3 is 0 Å². The first-order chi connectivity index (χ1) is 27.0. The molecule has 1 unspecified atom stereocenters. The first-order valence-electron chi connectivity index (χ1n) is 18.4. The summed E-state index contributed by atoms with van der Waals surface area (Å²) in [5, 5.41) is 9.12. The molecule has 0 radical (unpaired) electrons. The lowest BCUT2D eigenvalue weighted by Crippen LogP contribution is -2.65. The Morgan fingerprint density at radius 2 is 1.35 bits per heavy atom. The fourth-order valence-corrected chi connectivity index (χ4v) is 7.44. The van der Waals surface area contributed by atoms with Crippen LogP contribution in [0.1, 0.15) is 39.8 Å². The quantitative estimate of drug-likeness (QED) is 0.117. The fourth-order valence-electron chi connectivity index (χ4n) is 7.44. The molecule has 0 saturated carbocycles. The van der Waals surface area contributed by atoms with Gasteiger partial charge < -0.3 is 23.7 Å². The van der Waals surface area contributed by atoms with E-state index in [-0.39, 0.29) is 25.4 Å². The molecule has 280 valence electrons. The highest BCUT2D eigenvalue weighted by atomic mass is 19.2. The predicted molar refractivity (Wildman–Crippen MR) is 202 cm³/mol. The topological polar surface area (TPSA) is 76.9 Å². The molecule has 1 fully saturated rings. The normalized spacial score (nSPS) is 23.2. The molecule has 0 amide bonds. The number of hydrogen-bond donors (Lipinski definition) is 0. The molecule has 1 aromatic heterocycles. The highest BCUT2D eigenvalue weighted by molar-refractivity contribution is 5.59. The van der Waals surface area contributed by atoms with Crippen LogP contribution in [0.2, 0.25) is 0 Å². The minimum Gasteiger partial charge on any atom is -0.466 e. The predicted octanol–water partition coefficient (Wildman–Crippen LogP) is 8.88. The van der Waals surface area contributed by atoms with E-state index in [4.69, 9.17) is 23.7 Å². The molecule has 8 rings (SSSR count). The van der Waals surface area contributed by atoms with Crippen LogP contribution >= 0.6 is 0 Å². The lowest BCUT2D eigenvalue weighted by Gasteiger charge is -2.52. The van der Waals surface area contributed by atoms with Crippen molar-refractivity contribution in [3.63, 3.8) is 0 Å². The molecule has 0 N–H and O–H groups in total. The lowest BCUT2D eigenvalue weighted by atomic mass is 9.80. The Hall–Kier alpha value is -5.52. The van der Waals surface area contributed by atoms with Gasteiger partial charge in [0, 0.05) is 5.56 Å². The molecular formula is C45H41F2N3O5. The van der Waals surface area contributed by atoms with Crippen molar-refractivity contribution < 1.29 is 32.5 Å². The largest absolute Gasteiger partial charge is 0.466 e. The van der Waals surface area contributed by atoms with Crippen LogP contribution in [0.25, 0.3) is 11.3 Å². The molecular weight excluding hydrogens is 701 g/mol. The summed E-state index contributed by atoms with van der Waals surface area (Å²) in [6, 6.07) is 41.7. The van der Waals surface area contributed by atoms with Crippen LogP contribution in [-0.2, 0) is 43.5 Å². The van der Waals surface area contributed by atoms with Crippen molar-refractivity contribution in [2.75, 3.05) is 6.61 Å². The molecule has 3 heterocycles. The summed E-state index contributed by atoms with van der Waals surface area (Å²) in [6.07, 6.45) is 3.10. The van der Waals surface area contributed by atoms with Gasteiger partial charge in [-0.05, 0) is 52.9 Å². The second-order valence-electron chi connectivity index (χ2n) is 13.9. The van der Waals surface area contributed by atoms with Gasteiger partial charge in [0.15, 0.2) is 11.6 Å². The van der Waals surface area contributed by atoms with Crippen molar-refractivity contribution in [2.24, 2.45) is 0 Å². The van der Waals surface area contributed by atoms with Crippen LogP contribution in [0.15, 0.2) is 152 Å². The third kappa shape index (κ3) is 7.85. The van der Waals surface area contributed by atoms with Gasteiger partial charge in [0.2, 0.25) is 5.79 Å². The second-order valence-corrected chi connectivity index (χ2v) is 13.9. The lowest BCUT2D eigenvalue weighted by molar-refractivity contribution is -0.353. The van der Waals surface area contributed by atoms with Crippen LogP contribution in [0.3, 0.4) is 0 Å². The van der Waals surface area contributed by atoms with Crippen LogP contribution in [0.5, 0.6) is 0 Å². The van der Waals surface area contributed by atoms with Crippen LogP contribution in [0.4, 0.5) is 8.78 Å². The molecule has 6 aromatic rings. The van der Waals surface area contributed by atoms with Gasteiger partial charge in [-0.15, -0.1) is 5.10 Å². The third-order valence-electron chi connectivity index (χ3n) is 10.1. The monoisotopic (exact) mass is 741 g/mol. The van der Waals surface area contributed by atoms with E-state index in [1.807, 2.05) is 127 Å². The molecule has 10 heteroatoms. The first kappa shape index (κ1) is 36.5. The number of benzene rings is 5. The molecule has 0 bridgehead atoms. The summed E-state index contributed by atoms with van der Waals surface area (Å²) in [6.45, 7) is 2.49. The Morgan fingerprint density at radius 1 is 0.745 bits per heavy atom. The minimum atomic E-state index is -1.40. The van der Waals surface area contributed by atoms with E-state index >= 15 is 0 Å². The maximum atomic E-state index is 14.7. The number of aromatic nitrogens is 3. The van der Waals surface area contributed by atoms with E-state index in [0.717, 1.165) is 28.3 Å². The van der Waals surface area contributed by atoms with Gasteiger partial charge in [-0.3, -0.25) is 0 Å². The van der Waals surface area contributed by atoms with Crippen molar-refractivity contribution in [1.82, 2.24) is 15.0 Å². The van der Waals surface area contributed by atoms with Crippen LogP contribution in [-0.4, -0.2) is 45.7 Å². The second kappa shape index (κ2) is 16.5. The van der Waals surface area contributed by atoms with Crippen molar-refractivity contribution in [1.29, 1.82) is 0 Å². The SMILES string of the molecule is Cc1cc(-c2cn([C@H]3[C@@H](OCc4ccccc4)[C@@H](COCc4ccccc4)O[C@]4(OC=CC4c4ccccc4)[C@@H]3OCc3ccccc3)nn2)cc(F)c1F. The molecule has 1 saturated heterocycles. The van der Waals surface area contributed by atoms with Gasteiger partial charge in [0.05, 0.1) is 44.8 Å². The number of ether oxygens (including phenoxy) is 5. The molecule has 8 nitrogen and oxygen atoms in total. The number of hydrogen-bond acceptors (Lipinski definition) is 7. The highest BCUT2D eigenvalue weighted by Crippen LogP contribution is 2.51. The molecule has 1 spiro atoms. The van der Waals surface area contributed by atoms with Crippen molar-refractivity contribution in [3.8, 4) is 11.3 Å². The zero-order chi connectivity index (χ0) is 37.6. The summed E-state index contributed by atoms with van der Waals surface area (Å²) < 4.78 is 64.9. The van der Waals surface area contributed by atoms with E-state index in [1.54, 1.807) is 23.2 Å². The smallest absolute Gasteiger partial charge is 0.249 e. The van der Waals surface area contributed by atoms with Gasteiger partial charge in [0.1, 0.15) is 30.0 Å². The number of aryl methyl sites for hydroxylation is 1. The van der Waals surface area contributed by atoms with Crippen molar-refractivity contribution >= 4 is 0 Å². The molecule has 2 aliphatic heterocycles. The summed E-state index contributed by atoms with van der Waals surface area (Å²) >= 11 is 0. The molecule has 5 aromatic carbocycles. The summed E-state index contributed by atoms with van der Waals surface area (Å²) in [5.41, 5.74) is 4.79. The first-order valence-corrected chi connectivity index (χ1v) is 18.4. The van der Waals surface area contributed by atoms with Crippen LogP contribution in [0, 0.1) is 18.6 Å². The number of halogens is 2.